The van der Waals surface area contributed by atoms with Crippen molar-refractivity contribution in [1.29, 1.82) is 0 Å². The summed E-state index contributed by atoms with van der Waals surface area (Å²) in [5, 5.41) is 18.4. The number of nitrogens with one attached hydrogen (secondary N) is 2. The van der Waals surface area contributed by atoms with Gasteiger partial charge in [0.1, 0.15) is 34.7 Å². The molecule has 73 heavy (non-hydrogen) atoms. The first-order valence-electron chi connectivity index (χ1n) is 24.7. The zero-order valence-corrected chi connectivity index (χ0v) is 44.8. The first-order valence-corrected chi connectivity index (χ1v) is 25.4. The highest BCUT2D eigenvalue weighted by atomic mass is 35.5. The summed E-state index contributed by atoms with van der Waals surface area (Å²) in [7, 11) is 6.02. The van der Waals surface area contributed by atoms with E-state index in [1.165, 1.54) is 11.1 Å². The zero-order chi connectivity index (χ0) is 52.8. The molecular formula is C55H69Cl2N8O8+. The Labute approximate surface area is 438 Å². The highest BCUT2D eigenvalue weighted by Crippen LogP contribution is 2.34. The fourth-order valence-electron chi connectivity index (χ4n) is 9.63. The van der Waals surface area contributed by atoms with Crippen LogP contribution in [0.25, 0.3) is 11.3 Å². The number of esters is 1. The number of likely N-dealkylation sites (tertiary alicyclic amines) is 1. The van der Waals surface area contributed by atoms with Gasteiger partial charge >= 0.3 is 5.97 Å². The molecule has 2 fully saturated rings. The molecule has 3 N–H and O–H groups in total. The predicted molar refractivity (Wildman–Crippen MR) is 278 cm³/mol. The van der Waals surface area contributed by atoms with Gasteiger partial charge in [-0.05, 0) is 135 Å². The first kappa shape index (κ1) is 54.7. The van der Waals surface area contributed by atoms with Gasteiger partial charge in [0.25, 0.3) is 0 Å². The van der Waals surface area contributed by atoms with Gasteiger partial charge in [-0.3, -0.25) is 29.3 Å². The lowest BCUT2D eigenvalue weighted by Crippen LogP contribution is -2.65. The number of rotatable bonds is 18. The number of nitrogens with zero attached hydrogens (tertiary/aromatic N) is 6. The Bertz CT molecular complexity index is 2760. The Morgan fingerprint density at radius 3 is 2.38 bits per heavy atom. The van der Waals surface area contributed by atoms with Crippen molar-refractivity contribution in [1.82, 2.24) is 34.9 Å². The molecule has 0 unspecified atom stereocenters. The van der Waals surface area contributed by atoms with E-state index in [9.17, 15) is 24.4 Å². The number of amides is 3. The number of ether oxygens (including phenoxy) is 3. The van der Waals surface area contributed by atoms with Gasteiger partial charge in [0, 0.05) is 71.1 Å². The summed E-state index contributed by atoms with van der Waals surface area (Å²) in [4.78, 5) is 67.4. The van der Waals surface area contributed by atoms with Crippen LogP contribution in [0.5, 0.6) is 11.5 Å². The number of hydrogen-bond acceptors (Lipinski definition) is 11. The number of benzene rings is 3. The SMILES string of the molecule is C[C@H](NCc1ccc(Cl)cc1Oc1ccc(-c2cnc(CN(C)C)n2C)cc1)C(=O)N1[C@H](C(=O)N[C@@]2(Cc3ccc(Cl)cc3)CCCN(C(=O)[C@@H](CC(=O)OC(C)(C)C)Cc3cccc[n+]3O)C2)COC1(C)C. The highest BCUT2D eigenvalue weighted by Gasteiger charge is 2.50. The number of imidazole rings is 1. The monoisotopic (exact) mass is 1040 g/mol. The van der Waals surface area contributed by atoms with Crippen LogP contribution in [0.4, 0.5) is 0 Å². The number of halogens is 2. The van der Waals surface area contributed by atoms with E-state index in [2.05, 4.69) is 25.1 Å². The van der Waals surface area contributed by atoms with Crippen molar-refractivity contribution < 1.29 is 43.3 Å². The molecule has 0 bridgehead atoms. The fourth-order valence-corrected chi connectivity index (χ4v) is 9.92. The first-order chi connectivity index (χ1) is 34.5. The summed E-state index contributed by atoms with van der Waals surface area (Å²) in [5.41, 5.74) is 1.13. The van der Waals surface area contributed by atoms with Gasteiger partial charge < -0.3 is 39.2 Å². The van der Waals surface area contributed by atoms with Crippen LogP contribution < -0.4 is 20.1 Å². The molecule has 0 saturated carbocycles. The summed E-state index contributed by atoms with van der Waals surface area (Å²) in [6.45, 7) is 11.9. The normalized spacial score (nSPS) is 18.6. The molecule has 5 aromatic rings. The number of carbonyl (C=O) groups excluding carboxylic acids is 4. The van der Waals surface area contributed by atoms with Crippen molar-refractivity contribution in [2.24, 2.45) is 13.0 Å². The fraction of sp³-hybridized carbons (Fsp3) is 0.455. The number of carbonyl (C=O) groups is 4. The summed E-state index contributed by atoms with van der Waals surface area (Å²) in [5.74, 6) is -0.444. The molecule has 0 aliphatic carbocycles. The van der Waals surface area contributed by atoms with Crippen molar-refractivity contribution >= 4 is 46.9 Å². The Kier molecular flexibility index (Phi) is 17.3. The van der Waals surface area contributed by atoms with E-state index >= 15 is 0 Å². The molecule has 0 radical (unpaired) electrons. The Hall–Kier alpha value is -6.04. The molecule has 4 heterocycles. The zero-order valence-electron chi connectivity index (χ0n) is 43.3. The number of aromatic nitrogens is 3. The second-order valence-corrected chi connectivity index (χ2v) is 21.9. The van der Waals surface area contributed by atoms with Crippen LogP contribution in [0.3, 0.4) is 0 Å². The lowest BCUT2D eigenvalue weighted by atomic mass is 9.82. The molecule has 4 atom stereocenters. The molecule has 3 aromatic carbocycles. The van der Waals surface area contributed by atoms with Crippen molar-refractivity contribution in [3.63, 3.8) is 0 Å². The van der Waals surface area contributed by atoms with Crippen LogP contribution in [0.1, 0.15) is 83.5 Å². The van der Waals surface area contributed by atoms with Gasteiger partial charge in [0.05, 0.1) is 49.0 Å². The van der Waals surface area contributed by atoms with Crippen LogP contribution in [-0.4, -0.2) is 116 Å². The van der Waals surface area contributed by atoms with E-state index in [0.29, 0.717) is 53.0 Å². The molecule has 2 aliphatic rings. The Balaban J connectivity index is 1.07. The van der Waals surface area contributed by atoms with Gasteiger partial charge in [-0.15, -0.1) is 0 Å². The van der Waals surface area contributed by atoms with E-state index in [1.807, 2.05) is 69.8 Å². The van der Waals surface area contributed by atoms with Crippen LogP contribution in [-0.2, 0) is 61.6 Å². The van der Waals surface area contributed by atoms with Gasteiger partial charge in [0.15, 0.2) is 0 Å². The largest absolute Gasteiger partial charge is 0.460 e. The van der Waals surface area contributed by atoms with Gasteiger partial charge in [0.2, 0.25) is 29.6 Å². The summed E-state index contributed by atoms with van der Waals surface area (Å²) < 4.78 is 21.3. The molecule has 2 saturated heterocycles. The summed E-state index contributed by atoms with van der Waals surface area (Å²) >= 11 is 12.8. The van der Waals surface area contributed by atoms with Gasteiger partial charge in [-0.2, -0.15) is 0 Å². The number of pyridine rings is 1. The van der Waals surface area contributed by atoms with Crippen molar-refractivity contribution in [2.75, 3.05) is 33.8 Å². The van der Waals surface area contributed by atoms with Gasteiger partial charge in [-0.25, -0.2) is 4.98 Å². The summed E-state index contributed by atoms with van der Waals surface area (Å²) in [6, 6.07) is 23.8. The molecule has 0 spiro atoms. The third kappa shape index (κ3) is 14.0. The second-order valence-electron chi connectivity index (χ2n) is 21.0. The maximum atomic E-state index is 14.9. The van der Waals surface area contributed by atoms with Crippen LogP contribution in [0.2, 0.25) is 10.0 Å². The maximum absolute atomic E-state index is 14.9. The minimum absolute atomic E-state index is 0.0566. The third-order valence-corrected chi connectivity index (χ3v) is 13.7. The second kappa shape index (κ2) is 23.0. The molecular weight excluding hydrogens is 972 g/mol. The van der Waals surface area contributed by atoms with E-state index in [1.54, 1.807) is 88.9 Å². The summed E-state index contributed by atoms with van der Waals surface area (Å²) in [6.07, 6.45) is 4.56. The van der Waals surface area contributed by atoms with Crippen LogP contribution >= 0.6 is 23.2 Å². The lowest BCUT2D eigenvalue weighted by Gasteiger charge is -2.45. The number of piperidine rings is 1. The van der Waals surface area contributed by atoms with Crippen molar-refractivity contribution in [3.8, 4) is 22.8 Å². The van der Waals surface area contributed by atoms with Crippen LogP contribution in [0.15, 0.2) is 97.3 Å². The van der Waals surface area contributed by atoms with E-state index in [-0.39, 0.29) is 44.4 Å². The topological polar surface area (TPSA) is 172 Å². The average Bonchev–Trinajstić information content (AvgIpc) is 3.85. The molecule has 18 heteroatoms. The molecule has 2 aromatic heterocycles. The third-order valence-electron chi connectivity index (χ3n) is 13.2. The Morgan fingerprint density at radius 1 is 0.986 bits per heavy atom. The minimum Gasteiger partial charge on any atom is -0.460 e. The standard InChI is InChI=1S/C55H68Cl2N8O8/c1-36(58-31-39-16-21-42(57)29-47(39)72-44-22-17-38(18-23-44)45-32-59-48(62(45)9)33-61(7)8)51(68)65-46(34-71-54(65,5)6)50(67)60-55(30-37-14-19-41(56)20-15-37)24-12-25-63(35-55)52(69)40(28-49(66)73-53(2,3)4)27-43-13-10-11-26-64(43)70/h10-11,13-23,26,29,32,36,40,46,58H,12,24-25,27-28,30-31,33-35H2,1-9H3,(H-,60,67,70)/p+1/t36-,40+,46-,55+/m0/s1. The maximum Gasteiger partial charge on any atom is 0.307 e. The van der Waals surface area contributed by atoms with E-state index in [0.717, 1.165) is 39.5 Å². The van der Waals surface area contributed by atoms with Crippen molar-refractivity contribution in [2.45, 2.75) is 116 Å². The Morgan fingerprint density at radius 2 is 1.70 bits per heavy atom. The van der Waals surface area contributed by atoms with Crippen molar-refractivity contribution in [3.05, 3.63) is 130 Å². The highest BCUT2D eigenvalue weighted by molar-refractivity contribution is 6.31. The molecule has 7 rings (SSSR count). The van der Waals surface area contributed by atoms with Gasteiger partial charge in [-0.1, -0.05) is 41.4 Å². The van der Waals surface area contributed by atoms with E-state index in [4.69, 9.17) is 37.4 Å². The smallest absolute Gasteiger partial charge is 0.307 e. The molecule has 390 valence electrons. The van der Waals surface area contributed by atoms with Crippen LogP contribution in [0, 0.1) is 5.92 Å². The molecule has 16 nitrogen and oxygen atoms in total. The minimum atomic E-state index is -1.15. The number of hydrogen-bond donors (Lipinski definition) is 3. The predicted octanol–water partition coefficient (Wildman–Crippen LogP) is 7.53. The lowest BCUT2D eigenvalue weighted by molar-refractivity contribution is -0.909. The molecule has 3 amide bonds. The average molecular weight is 1040 g/mol. The van der Waals surface area contributed by atoms with E-state index < -0.39 is 46.7 Å². The quantitative estimate of drug-likeness (QED) is 0.0451. The molecule has 2 aliphatic heterocycles.